The van der Waals surface area contributed by atoms with Crippen LogP contribution in [0, 0.1) is 47.3 Å². The van der Waals surface area contributed by atoms with Gasteiger partial charge in [-0.1, -0.05) is 0 Å². The van der Waals surface area contributed by atoms with Crippen molar-refractivity contribution in [3.05, 3.63) is 0 Å². The second-order valence-corrected chi connectivity index (χ2v) is 10.5. The van der Waals surface area contributed by atoms with Crippen molar-refractivity contribution in [3.63, 3.8) is 0 Å². The number of rotatable bonds is 1. The number of aliphatic hydroxyl groups is 2. The number of hydrogen-bond acceptors (Lipinski definition) is 2. The predicted molar refractivity (Wildman–Crippen MR) is 84.0 cm³/mol. The number of hydrogen-bond donors (Lipinski definition) is 2. The van der Waals surface area contributed by atoms with Gasteiger partial charge in [0.05, 0.1) is 11.2 Å². The topological polar surface area (TPSA) is 40.5 Å². The molecule has 6 unspecified atom stereocenters. The molecule has 0 aliphatic heterocycles. The molecule has 8 aliphatic rings. The maximum atomic E-state index is 11.6. The van der Waals surface area contributed by atoms with Crippen molar-refractivity contribution < 1.29 is 10.2 Å². The third-order valence-electron chi connectivity index (χ3n) is 9.09. The maximum absolute atomic E-state index is 11.6. The van der Waals surface area contributed by atoms with Crippen LogP contribution in [0.25, 0.3) is 0 Å². The molecular formula is C20H30O2. The van der Waals surface area contributed by atoms with E-state index in [1.165, 1.54) is 38.5 Å². The lowest BCUT2D eigenvalue weighted by molar-refractivity contribution is -0.260. The first kappa shape index (κ1) is 13.2. The molecule has 8 rings (SSSR count). The summed E-state index contributed by atoms with van der Waals surface area (Å²) in [7, 11) is 0. The standard InChI is InChI=1S/C20H30O2/c21-19-7-11-1-12(8-19)4-15(3-11)17(19)18-16-5-13-2-14(6-16)10-20(18,22)9-13/h11-18,21-22H,1-10H2. The molecule has 0 aromatic carbocycles. The van der Waals surface area contributed by atoms with Gasteiger partial charge in [-0.3, -0.25) is 0 Å². The Morgan fingerprint density at radius 3 is 1.09 bits per heavy atom. The van der Waals surface area contributed by atoms with Crippen molar-refractivity contribution in [2.24, 2.45) is 47.3 Å². The van der Waals surface area contributed by atoms with E-state index < -0.39 is 11.2 Å². The molecule has 2 N–H and O–H groups in total. The molecule has 8 fully saturated rings. The quantitative estimate of drug-likeness (QED) is 0.780. The molecule has 0 aromatic heterocycles. The SMILES string of the molecule is OC12CC3CC(CC(C3)C1C1C3CC4CC(C3)CC1(O)C4)C2. The average Bonchev–Trinajstić information content (AvgIpc) is 2.38. The Bertz CT molecular complexity index is 440. The van der Waals surface area contributed by atoms with Crippen LogP contribution in [0.2, 0.25) is 0 Å². The smallest absolute Gasteiger partial charge is 0.0687 e. The third kappa shape index (κ3) is 1.55. The van der Waals surface area contributed by atoms with E-state index in [2.05, 4.69) is 0 Å². The highest BCUT2D eigenvalue weighted by Gasteiger charge is 2.66. The largest absolute Gasteiger partial charge is 0.390 e. The fourth-order valence-electron chi connectivity index (χ4n) is 9.33. The molecule has 0 amide bonds. The molecule has 0 aromatic rings. The Hall–Kier alpha value is -0.0800. The molecule has 0 radical (unpaired) electrons. The van der Waals surface area contributed by atoms with Gasteiger partial charge in [-0.2, -0.15) is 0 Å². The molecule has 0 spiro atoms. The van der Waals surface area contributed by atoms with Crippen LogP contribution in [0.15, 0.2) is 0 Å². The molecule has 0 heterocycles. The zero-order valence-electron chi connectivity index (χ0n) is 13.6. The lowest BCUT2D eigenvalue weighted by atomic mass is 9.40. The van der Waals surface area contributed by atoms with Gasteiger partial charge in [0.2, 0.25) is 0 Å². The molecular weight excluding hydrogens is 272 g/mol. The molecule has 22 heavy (non-hydrogen) atoms. The molecule has 122 valence electrons. The molecule has 2 nitrogen and oxygen atoms in total. The van der Waals surface area contributed by atoms with Crippen LogP contribution >= 0.6 is 0 Å². The molecule has 2 heteroatoms. The number of fused-ring (bicyclic) bond motifs is 1. The molecule has 8 saturated carbocycles. The van der Waals surface area contributed by atoms with Crippen molar-refractivity contribution in [1.29, 1.82) is 0 Å². The Balaban J connectivity index is 1.41. The summed E-state index contributed by atoms with van der Waals surface area (Å²) in [6, 6.07) is 0. The summed E-state index contributed by atoms with van der Waals surface area (Å²) >= 11 is 0. The van der Waals surface area contributed by atoms with E-state index in [1.807, 2.05) is 0 Å². The Morgan fingerprint density at radius 1 is 0.500 bits per heavy atom. The van der Waals surface area contributed by atoms with Gasteiger partial charge in [-0.05, 0) is 112 Å². The van der Waals surface area contributed by atoms with E-state index in [1.54, 1.807) is 0 Å². The lowest BCUT2D eigenvalue weighted by Gasteiger charge is -2.68. The Morgan fingerprint density at radius 2 is 0.818 bits per heavy atom. The molecule has 6 atom stereocenters. The highest BCUT2D eigenvalue weighted by molar-refractivity contribution is 5.16. The summed E-state index contributed by atoms with van der Waals surface area (Å²) in [5.41, 5.74) is -0.824. The van der Waals surface area contributed by atoms with Crippen LogP contribution in [0.3, 0.4) is 0 Å². The van der Waals surface area contributed by atoms with Gasteiger partial charge in [-0.15, -0.1) is 0 Å². The first-order valence-corrected chi connectivity index (χ1v) is 9.97. The van der Waals surface area contributed by atoms with Gasteiger partial charge in [0, 0.05) is 0 Å². The minimum absolute atomic E-state index is 0.412. The summed E-state index contributed by atoms with van der Waals surface area (Å²) in [6.45, 7) is 0. The Kier molecular flexibility index (Phi) is 2.37. The van der Waals surface area contributed by atoms with Crippen LogP contribution in [0.4, 0.5) is 0 Å². The second kappa shape index (κ2) is 3.94. The van der Waals surface area contributed by atoms with Gasteiger partial charge in [0.1, 0.15) is 0 Å². The van der Waals surface area contributed by atoms with Crippen molar-refractivity contribution in [3.8, 4) is 0 Å². The zero-order chi connectivity index (χ0) is 14.7. The van der Waals surface area contributed by atoms with Crippen LogP contribution in [-0.2, 0) is 0 Å². The van der Waals surface area contributed by atoms with Crippen molar-refractivity contribution >= 4 is 0 Å². The Labute approximate surface area is 133 Å². The highest BCUT2D eigenvalue weighted by atomic mass is 16.3. The summed E-state index contributed by atoms with van der Waals surface area (Å²) in [5.74, 6) is 5.49. The van der Waals surface area contributed by atoms with Crippen molar-refractivity contribution in [2.45, 2.75) is 75.4 Å². The maximum Gasteiger partial charge on any atom is 0.0687 e. The third-order valence-corrected chi connectivity index (χ3v) is 9.09. The second-order valence-electron chi connectivity index (χ2n) is 10.5. The van der Waals surface area contributed by atoms with Gasteiger partial charge >= 0.3 is 0 Å². The van der Waals surface area contributed by atoms with Gasteiger partial charge in [0.25, 0.3) is 0 Å². The minimum Gasteiger partial charge on any atom is -0.390 e. The summed E-state index contributed by atoms with van der Waals surface area (Å²) < 4.78 is 0. The fourth-order valence-corrected chi connectivity index (χ4v) is 9.33. The van der Waals surface area contributed by atoms with Gasteiger partial charge in [0.15, 0.2) is 0 Å². The normalized spacial score (nSPS) is 67.9. The van der Waals surface area contributed by atoms with Crippen molar-refractivity contribution in [1.82, 2.24) is 0 Å². The van der Waals surface area contributed by atoms with Gasteiger partial charge < -0.3 is 10.2 Å². The molecule has 0 saturated heterocycles. The summed E-state index contributed by atoms with van der Waals surface area (Å²) in [6.07, 6.45) is 12.4. The summed E-state index contributed by atoms with van der Waals surface area (Å²) in [5, 5.41) is 23.1. The van der Waals surface area contributed by atoms with E-state index in [0.29, 0.717) is 11.8 Å². The summed E-state index contributed by atoms with van der Waals surface area (Å²) in [4.78, 5) is 0. The van der Waals surface area contributed by atoms with Gasteiger partial charge in [-0.25, -0.2) is 0 Å². The average molecular weight is 302 g/mol. The van der Waals surface area contributed by atoms with E-state index in [0.717, 1.165) is 61.2 Å². The first-order valence-electron chi connectivity index (χ1n) is 9.97. The van der Waals surface area contributed by atoms with E-state index in [-0.39, 0.29) is 0 Å². The van der Waals surface area contributed by atoms with Crippen LogP contribution in [-0.4, -0.2) is 21.4 Å². The van der Waals surface area contributed by atoms with E-state index in [4.69, 9.17) is 0 Å². The van der Waals surface area contributed by atoms with Crippen LogP contribution in [0.5, 0.6) is 0 Å². The molecule has 8 aliphatic carbocycles. The minimum atomic E-state index is -0.412. The van der Waals surface area contributed by atoms with Crippen LogP contribution < -0.4 is 0 Å². The fraction of sp³-hybridized carbons (Fsp3) is 1.00. The zero-order valence-corrected chi connectivity index (χ0v) is 13.6. The van der Waals surface area contributed by atoms with E-state index >= 15 is 0 Å². The predicted octanol–water partition coefficient (Wildman–Crippen LogP) is 3.36. The van der Waals surface area contributed by atoms with Crippen LogP contribution in [0.1, 0.15) is 64.2 Å². The molecule has 8 bridgehead atoms. The monoisotopic (exact) mass is 302 g/mol. The van der Waals surface area contributed by atoms with E-state index in [9.17, 15) is 10.2 Å². The highest BCUT2D eigenvalue weighted by Crippen LogP contribution is 2.68. The van der Waals surface area contributed by atoms with Crippen molar-refractivity contribution in [2.75, 3.05) is 0 Å². The first-order chi connectivity index (χ1) is 10.5. The lowest BCUT2D eigenvalue weighted by Crippen LogP contribution is -2.67.